The second-order valence-corrected chi connectivity index (χ2v) is 6.64. The Bertz CT molecular complexity index is 510. The molecule has 3 aliphatic heterocycles. The van der Waals surface area contributed by atoms with Crippen LogP contribution in [0.2, 0.25) is 0 Å². The Morgan fingerprint density at radius 2 is 1.90 bits per heavy atom. The number of benzene rings is 1. The Morgan fingerprint density at radius 1 is 1.00 bits per heavy atom. The molecule has 3 unspecified atom stereocenters. The number of rotatable bonds is 2. The lowest BCUT2D eigenvalue weighted by molar-refractivity contribution is 0.269. The van der Waals surface area contributed by atoms with Gasteiger partial charge in [-0.3, -0.25) is 0 Å². The summed E-state index contributed by atoms with van der Waals surface area (Å²) < 4.78 is 0. The van der Waals surface area contributed by atoms with E-state index in [9.17, 15) is 0 Å². The van der Waals surface area contributed by atoms with Crippen LogP contribution in [0.15, 0.2) is 42.0 Å². The average molecular weight is 283 g/mol. The predicted octanol–water partition coefficient (Wildman–Crippen LogP) is 1.84. The first kappa shape index (κ1) is 13.5. The molecular weight excluding hydrogens is 258 g/mol. The van der Waals surface area contributed by atoms with Crippen molar-refractivity contribution in [3.05, 3.63) is 47.5 Å². The maximum Gasteiger partial charge on any atom is 0.0607 e. The largest absolute Gasteiger partial charge is 0.312 e. The Balaban J connectivity index is 1.55. The first-order valence-electron chi connectivity index (χ1n) is 8.35. The van der Waals surface area contributed by atoms with Gasteiger partial charge in [0.05, 0.1) is 6.17 Å². The lowest BCUT2D eigenvalue weighted by Gasteiger charge is -2.33. The molecule has 0 spiro atoms. The average Bonchev–Trinajstić information content (AvgIpc) is 3.00. The van der Waals surface area contributed by atoms with E-state index in [0.29, 0.717) is 18.0 Å². The van der Waals surface area contributed by atoms with Crippen molar-refractivity contribution in [2.24, 2.45) is 11.8 Å². The zero-order valence-electron chi connectivity index (χ0n) is 12.5. The molecule has 1 aromatic rings. The molecule has 0 amide bonds. The number of nitrogens with one attached hydrogen (secondary N) is 3. The fourth-order valence-corrected chi connectivity index (χ4v) is 4.30. The van der Waals surface area contributed by atoms with Crippen LogP contribution in [-0.4, -0.2) is 32.3 Å². The lowest BCUT2D eigenvalue weighted by Crippen LogP contribution is -2.46. The van der Waals surface area contributed by atoms with Gasteiger partial charge in [-0.05, 0) is 36.8 Å². The standard InChI is InChI=1S/C18H25N3/c1-2-5-13(6-3-1)14-9-15(11-19-10-14)17-12-21-18-16(17)7-4-8-20-18/h1-3,5-6,9,14,16-21H,4,7-8,10-12H2/t14-,16?,17?,18?/m1/s1. The summed E-state index contributed by atoms with van der Waals surface area (Å²) in [5.41, 5.74) is 3.06. The van der Waals surface area contributed by atoms with Crippen molar-refractivity contribution < 1.29 is 0 Å². The monoisotopic (exact) mass is 283 g/mol. The van der Waals surface area contributed by atoms with Crippen LogP contribution < -0.4 is 16.0 Å². The molecule has 3 nitrogen and oxygen atoms in total. The number of fused-ring (bicyclic) bond motifs is 1. The topological polar surface area (TPSA) is 36.1 Å². The number of piperidine rings is 1. The van der Waals surface area contributed by atoms with E-state index in [4.69, 9.17) is 0 Å². The van der Waals surface area contributed by atoms with Crippen molar-refractivity contribution in [2.75, 3.05) is 26.2 Å². The van der Waals surface area contributed by atoms with Crippen molar-refractivity contribution in [2.45, 2.75) is 24.9 Å². The van der Waals surface area contributed by atoms with Gasteiger partial charge in [0.25, 0.3) is 0 Å². The molecule has 3 heteroatoms. The first-order valence-corrected chi connectivity index (χ1v) is 8.35. The van der Waals surface area contributed by atoms with Gasteiger partial charge >= 0.3 is 0 Å². The van der Waals surface area contributed by atoms with Gasteiger partial charge in [-0.1, -0.05) is 42.0 Å². The van der Waals surface area contributed by atoms with Crippen LogP contribution in [0.1, 0.15) is 24.3 Å². The summed E-state index contributed by atoms with van der Waals surface area (Å²) in [6.07, 6.45) is 5.78. The molecule has 21 heavy (non-hydrogen) atoms. The summed E-state index contributed by atoms with van der Waals surface area (Å²) >= 11 is 0. The van der Waals surface area contributed by atoms with Gasteiger partial charge in [0.2, 0.25) is 0 Å². The van der Waals surface area contributed by atoms with Gasteiger partial charge in [-0.25, -0.2) is 0 Å². The third kappa shape index (κ3) is 2.66. The summed E-state index contributed by atoms with van der Waals surface area (Å²) in [7, 11) is 0. The van der Waals surface area contributed by atoms with Crippen LogP contribution in [0, 0.1) is 11.8 Å². The minimum absolute atomic E-state index is 0.533. The third-order valence-corrected chi connectivity index (χ3v) is 5.39. The Labute approximate surface area is 127 Å². The molecule has 3 aliphatic rings. The Morgan fingerprint density at radius 3 is 2.81 bits per heavy atom. The first-order chi connectivity index (χ1) is 10.4. The molecule has 3 heterocycles. The molecule has 2 fully saturated rings. The molecule has 112 valence electrons. The molecule has 0 bridgehead atoms. The zero-order chi connectivity index (χ0) is 14.1. The molecule has 2 saturated heterocycles. The minimum atomic E-state index is 0.533. The molecule has 1 aromatic carbocycles. The van der Waals surface area contributed by atoms with Crippen molar-refractivity contribution in [3.8, 4) is 0 Å². The highest BCUT2D eigenvalue weighted by molar-refractivity contribution is 5.30. The normalized spacial score (nSPS) is 36.1. The molecule has 3 N–H and O–H groups in total. The molecule has 4 atom stereocenters. The van der Waals surface area contributed by atoms with Crippen molar-refractivity contribution in [1.82, 2.24) is 16.0 Å². The minimum Gasteiger partial charge on any atom is -0.312 e. The van der Waals surface area contributed by atoms with E-state index in [2.05, 4.69) is 52.4 Å². The maximum atomic E-state index is 3.68. The van der Waals surface area contributed by atoms with E-state index >= 15 is 0 Å². The van der Waals surface area contributed by atoms with Crippen LogP contribution >= 0.6 is 0 Å². The number of hydrogen-bond acceptors (Lipinski definition) is 3. The molecule has 0 saturated carbocycles. The smallest absolute Gasteiger partial charge is 0.0607 e. The van der Waals surface area contributed by atoms with Crippen molar-refractivity contribution >= 4 is 0 Å². The molecule has 0 radical (unpaired) electrons. The maximum absolute atomic E-state index is 3.68. The Hall–Kier alpha value is -1.16. The molecule has 0 aromatic heterocycles. The van der Waals surface area contributed by atoms with Crippen molar-refractivity contribution in [1.29, 1.82) is 0 Å². The molecule has 4 rings (SSSR count). The van der Waals surface area contributed by atoms with E-state index in [1.807, 2.05) is 0 Å². The molecule has 0 aliphatic carbocycles. The summed E-state index contributed by atoms with van der Waals surface area (Å²) in [5.74, 6) is 2.02. The van der Waals surface area contributed by atoms with Gasteiger partial charge in [0, 0.05) is 25.6 Å². The van der Waals surface area contributed by atoms with E-state index in [0.717, 1.165) is 25.6 Å². The quantitative estimate of drug-likeness (QED) is 0.725. The summed E-state index contributed by atoms with van der Waals surface area (Å²) in [5, 5.41) is 11.0. The highest BCUT2D eigenvalue weighted by Gasteiger charge is 2.39. The van der Waals surface area contributed by atoms with Gasteiger partial charge in [-0.15, -0.1) is 0 Å². The third-order valence-electron chi connectivity index (χ3n) is 5.39. The van der Waals surface area contributed by atoms with E-state index in [-0.39, 0.29) is 0 Å². The SMILES string of the molecule is C1=C(C2CNC3NCCCC32)CNC[C@@H]1c1ccccc1. The van der Waals surface area contributed by atoms with Gasteiger partial charge < -0.3 is 16.0 Å². The fourth-order valence-electron chi connectivity index (χ4n) is 4.30. The van der Waals surface area contributed by atoms with Crippen LogP contribution in [0.25, 0.3) is 0 Å². The zero-order valence-corrected chi connectivity index (χ0v) is 12.5. The lowest BCUT2D eigenvalue weighted by atomic mass is 9.79. The van der Waals surface area contributed by atoms with E-state index in [1.165, 1.54) is 24.9 Å². The van der Waals surface area contributed by atoms with E-state index < -0.39 is 0 Å². The highest BCUT2D eigenvalue weighted by atomic mass is 15.2. The highest BCUT2D eigenvalue weighted by Crippen LogP contribution is 2.35. The predicted molar refractivity (Wildman–Crippen MR) is 86.1 cm³/mol. The van der Waals surface area contributed by atoms with Gasteiger partial charge in [0.1, 0.15) is 0 Å². The van der Waals surface area contributed by atoms with Gasteiger partial charge in [-0.2, -0.15) is 0 Å². The summed E-state index contributed by atoms with van der Waals surface area (Å²) in [6, 6.07) is 10.9. The second-order valence-electron chi connectivity index (χ2n) is 6.64. The summed E-state index contributed by atoms with van der Waals surface area (Å²) in [4.78, 5) is 0. The van der Waals surface area contributed by atoms with Crippen LogP contribution in [-0.2, 0) is 0 Å². The van der Waals surface area contributed by atoms with Crippen molar-refractivity contribution in [3.63, 3.8) is 0 Å². The fraction of sp³-hybridized carbons (Fsp3) is 0.556. The van der Waals surface area contributed by atoms with Crippen LogP contribution in [0.4, 0.5) is 0 Å². The number of hydrogen-bond donors (Lipinski definition) is 3. The second kappa shape index (κ2) is 5.91. The summed E-state index contributed by atoms with van der Waals surface area (Å²) in [6.45, 7) is 4.45. The van der Waals surface area contributed by atoms with Crippen LogP contribution in [0.3, 0.4) is 0 Å². The molecular formula is C18H25N3. The van der Waals surface area contributed by atoms with Crippen LogP contribution in [0.5, 0.6) is 0 Å². The van der Waals surface area contributed by atoms with Gasteiger partial charge in [0.15, 0.2) is 0 Å². The Kier molecular flexibility index (Phi) is 3.80. The van der Waals surface area contributed by atoms with E-state index in [1.54, 1.807) is 5.57 Å².